The van der Waals surface area contributed by atoms with E-state index in [0.29, 0.717) is 5.75 Å². The molecular formula is C18H22FOP. The summed E-state index contributed by atoms with van der Waals surface area (Å²) in [5.74, 6) is 0.145. The van der Waals surface area contributed by atoms with Gasteiger partial charge in [0.1, 0.15) is 11.6 Å². The van der Waals surface area contributed by atoms with Gasteiger partial charge in [0.2, 0.25) is 0 Å². The fourth-order valence-corrected chi connectivity index (χ4v) is 4.05. The zero-order valence-electron chi connectivity index (χ0n) is 13.0. The average molecular weight is 304 g/mol. The third-order valence-corrected chi connectivity index (χ3v) is 6.13. The molecule has 0 aliphatic rings. The number of hydrogen-bond donors (Lipinski definition) is 1. The molecule has 0 heterocycles. The summed E-state index contributed by atoms with van der Waals surface area (Å²) in [6.07, 6.45) is 0.843. The topological polar surface area (TPSA) is 20.2 Å². The van der Waals surface area contributed by atoms with E-state index in [1.807, 2.05) is 32.0 Å². The first-order chi connectivity index (χ1) is 9.87. The van der Waals surface area contributed by atoms with Gasteiger partial charge in [0.15, 0.2) is 0 Å². The Bertz CT molecular complexity index is 633. The molecule has 0 aliphatic carbocycles. The van der Waals surface area contributed by atoms with Crippen LogP contribution in [0.3, 0.4) is 0 Å². The van der Waals surface area contributed by atoms with Crippen LogP contribution in [0, 0.1) is 19.7 Å². The first-order valence-electron chi connectivity index (χ1n) is 7.21. The van der Waals surface area contributed by atoms with Crippen molar-refractivity contribution in [3.63, 3.8) is 0 Å². The van der Waals surface area contributed by atoms with E-state index < -0.39 is 0 Å². The summed E-state index contributed by atoms with van der Waals surface area (Å²) >= 11 is 0. The molecule has 0 aliphatic heterocycles. The molecule has 0 bridgehead atoms. The quantitative estimate of drug-likeness (QED) is 0.806. The van der Waals surface area contributed by atoms with Crippen molar-refractivity contribution in [1.82, 2.24) is 0 Å². The number of rotatable bonds is 4. The van der Waals surface area contributed by atoms with Gasteiger partial charge >= 0.3 is 0 Å². The molecule has 0 fully saturated rings. The minimum atomic E-state index is -0.261. The van der Waals surface area contributed by atoms with E-state index in [2.05, 4.69) is 13.8 Å². The SMILES string of the molecule is CCC(C)(Pc1c(C)cccc1F)c1cc(C)ccc1O. The van der Waals surface area contributed by atoms with Crippen LogP contribution in [-0.4, -0.2) is 5.11 Å². The van der Waals surface area contributed by atoms with Gasteiger partial charge in [-0.2, -0.15) is 0 Å². The fraction of sp³-hybridized carbons (Fsp3) is 0.333. The van der Waals surface area contributed by atoms with Gasteiger partial charge in [-0.15, -0.1) is 0 Å². The second kappa shape index (κ2) is 6.15. The smallest absolute Gasteiger partial charge is 0.130 e. The Balaban J connectivity index is 2.49. The molecule has 3 heteroatoms. The van der Waals surface area contributed by atoms with Gasteiger partial charge in [-0.05, 0) is 38.0 Å². The predicted molar refractivity (Wildman–Crippen MR) is 89.6 cm³/mol. The van der Waals surface area contributed by atoms with E-state index in [9.17, 15) is 9.50 Å². The summed E-state index contributed by atoms with van der Waals surface area (Å²) in [6, 6.07) is 10.8. The third kappa shape index (κ3) is 3.27. The lowest BCUT2D eigenvalue weighted by Crippen LogP contribution is -2.21. The van der Waals surface area contributed by atoms with Gasteiger partial charge in [0, 0.05) is 16.0 Å². The number of halogens is 1. The summed E-state index contributed by atoms with van der Waals surface area (Å²) in [6.45, 7) is 8.14. The van der Waals surface area contributed by atoms with Gasteiger partial charge in [0.25, 0.3) is 0 Å². The number of phenolic OH excluding ortho intramolecular Hbond substituents is 1. The van der Waals surface area contributed by atoms with Crippen LogP contribution >= 0.6 is 8.58 Å². The average Bonchev–Trinajstić information content (AvgIpc) is 2.45. The first kappa shape index (κ1) is 16.0. The molecule has 0 spiro atoms. The second-order valence-corrected chi connectivity index (χ2v) is 7.62. The van der Waals surface area contributed by atoms with Crippen LogP contribution in [-0.2, 0) is 5.16 Å². The van der Waals surface area contributed by atoms with Gasteiger partial charge in [-0.1, -0.05) is 52.3 Å². The molecule has 2 atom stereocenters. The second-order valence-electron chi connectivity index (χ2n) is 5.76. The molecule has 0 saturated heterocycles. The lowest BCUT2D eigenvalue weighted by molar-refractivity contribution is 0.456. The highest BCUT2D eigenvalue weighted by molar-refractivity contribution is 7.48. The van der Waals surface area contributed by atoms with Crippen LogP contribution in [0.1, 0.15) is 37.0 Å². The van der Waals surface area contributed by atoms with Gasteiger partial charge in [0.05, 0.1) is 0 Å². The largest absolute Gasteiger partial charge is 0.508 e. The zero-order valence-corrected chi connectivity index (χ0v) is 14.0. The van der Waals surface area contributed by atoms with E-state index in [4.69, 9.17) is 0 Å². The van der Waals surface area contributed by atoms with Crippen molar-refractivity contribution in [3.05, 3.63) is 58.9 Å². The van der Waals surface area contributed by atoms with Crippen molar-refractivity contribution >= 4 is 13.9 Å². The summed E-state index contributed by atoms with van der Waals surface area (Å²) in [4.78, 5) is 0. The van der Waals surface area contributed by atoms with Gasteiger partial charge in [-0.3, -0.25) is 0 Å². The van der Waals surface area contributed by atoms with Crippen molar-refractivity contribution in [1.29, 1.82) is 0 Å². The van der Waals surface area contributed by atoms with Crippen LogP contribution < -0.4 is 5.30 Å². The summed E-state index contributed by atoms with van der Waals surface area (Å²) in [7, 11) is 0.281. The molecule has 112 valence electrons. The molecule has 0 amide bonds. The maximum atomic E-state index is 14.2. The van der Waals surface area contributed by atoms with Gasteiger partial charge < -0.3 is 5.11 Å². The number of aromatic hydroxyl groups is 1. The zero-order chi connectivity index (χ0) is 15.6. The summed E-state index contributed by atoms with van der Waals surface area (Å²) in [5, 5.41) is 10.7. The number of hydrogen-bond acceptors (Lipinski definition) is 1. The number of benzene rings is 2. The monoisotopic (exact) mass is 304 g/mol. The highest BCUT2D eigenvalue weighted by Crippen LogP contribution is 2.47. The van der Waals surface area contributed by atoms with Crippen molar-refractivity contribution in [2.75, 3.05) is 0 Å². The Morgan fingerprint density at radius 3 is 2.52 bits per heavy atom. The minimum Gasteiger partial charge on any atom is -0.508 e. The molecule has 2 rings (SSSR count). The molecule has 21 heavy (non-hydrogen) atoms. The van der Waals surface area contributed by atoms with Gasteiger partial charge in [-0.25, -0.2) is 4.39 Å². The molecule has 1 nitrogen and oxygen atoms in total. The van der Waals surface area contributed by atoms with E-state index >= 15 is 0 Å². The fourth-order valence-electron chi connectivity index (χ4n) is 2.50. The van der Waals surface area contributed by atoms with E-state index in [-0.39, 0.29) is 19.6 Å². The van der Waals surface area contributed by atoms with E-state index in [1.165, 1.54) is 6.07 Å². The standard InChI is InChI=1S/C18H22FOP/c1-5-18(4,14-11-12(2)9-10-16(14)20)21-17-13(3)7-6-8-15(17)19/h6-11,20-21H,5H2,1-4H3. The number of phenols is 1. The van der Waals surface area contributed by atoms with E-state index in [0.717, 1.165) is 28.4 Å². The van der Waals surface area contributed by atoms with Crippen molar-refractivity contribution in [2.45, 2.75) is 39.3 Å². The maximum Gasteiger partial charge on any atom is 0.130 e. The molecule has 2 unspecified atom stereocenters. The van der Waals surface area contributed by atoms with Crippen LogP contribution in [0.15, 0.2) is 36.4 Å². The van der Waals surface area contributed by atoms with Crippen LogP contribution in [0.25, 0.3) is 0 Å². The predicted octanol–water partition coefficient (Wildman–Crippen LogP) is 4.78. The molecule has 0 aromatic heterocycles. The highest BCUT2D eigenvalue weighted by atomic mass is 31.1. The van der Waals surface area contributed by atoms with Crippen molar-refractivity contribution in [2.24, 2.45) is 0 Å². The van der Waals surface area contributed by atoms with Crippen LogP contribution in [0.2, 0.25) is 0 Å². The van der Waals surface area contributed by atoms with Crippen LogP contribution in [0.5, 0.6) is 5.75 Å². The molecule has 2 aromatic rings. The normalized spacial score (nSPS) is 14.5. The first-order valence-corrected chi connectivity index (χ1v) is 8.21. The summed E-state index contributed by atoms with van der Waals surface area (Å²) < 4.78 is 14.2. The summed E-state index contributed by atoms with van der Waals surface area (Å²) in [5.41, 5.74) is 2.99. The molecule has 0 radical (unpaired) electrons. The molecule has 1 N–H and O–H groups in total. The third-order valence-electron chi connectivity index (χ3n) is 4.08. The Labute approximate surface area is 128 Å². The van der Waals surface area contributed by atoms with E-state index in [1.54, 1.807) is 12.1 Å². The Hall–Kier alpha value is -1.40. The lowest BCUT2D eigenvalue weighted by atomic mass is 9.95. The Morgan fingerprint density at radius 1 is 1.19 bits per heavy atom. The minimum absolute atomic E-state index is 0.153. The number of aryl methyl sites for hydroxylation is 2. The van der Waals surface area contributed by atoms with Crippen molar-refractivity contribution in [3.8, 4) is 5.75 Å². The maximum absolute atomic E-state index is 14.2. The molecular weight excluding hydrogens is 282 g/mol. The van der Waals surface area contributed by atoms with Crippen LogP contribution in [0.4, 0.5) is 4.39 Å². The Morgan fingerprint density at radius 2 is 1.90 bits per heavy atom. The molecule has 2 aromatic carbocycles. The Kier molecular flexibility index (Phi) is 4.68. The highest BCUT2D eigenvalue weighted by Gasteiger charge is 2.29. The lowest BCUT2D eigenvalue weighted by Gasteiger charge is -2.31. The molecule has 0 saturated carbocycles. The van der Waals surface area contributed by atoms with Crippen molar-refractivity contribution < 1.29 is 9.50 Å².